The van der Waals surface area contributed by atoms with E-state index < -0.39 is 5.92 Å². The molecule has 0 aromatic carbocycles. The van der Waals surface area contributed by atoms with Crippen LogP contribution in [0.15, 0.2) is 0 Å². The van der Waals surface area contributed by atoms with Crippen molar-refractivity contribution in [3.63, 3.8) is 0 Å². The number of ketones is 1. The fraction of sp³-hybridized carbons (Fsp3) is 0.786. The molecule has 4 nitrogen and oxygen atoms in total. The van der Waals surface area contributed by atoms with Crippen LogP contribution in [0.5, 0.6) is 0 Å². The van der Waals surface area contributed by atoms with E-state index in [1.54, 1.807) is 6.92 Å². The normalized spacial score (nSPS) is 24.6. The molecule has 1 saturated carbocycles. The maximum absolute atomic E-state index is 12.1. The van der Waals surface area contributed by atoms with Crippen molar-refractivity contribution in [3.8, 4) is 6.07 Å². The number of hydrogen-bond donors (Lipinski definition) is 0. The first-order valence-corrected chi connectivity index (χ1v) is 7.92. The Balaban J connectivity index is 2.85. The third kappa shape index (κ3) is 4.31. The maximum atomic E-state index is 12.1. The van der Waals surface area contributed by atoms with Gasteiger partial charge in [-0.2, -0.15) is 5.26 Å². The lowest BCUT2D eigenvalue weighted by Crippen LogP contribution is -2.37. The van der Waals surface area contributed by atoms with Gasteiger partial charge < -0.3 is 4.74 Å². The summed E-state index contributed by atoms with van der Waals surface area (Å²) >= 11 is 3.35. The standard InChI is InChI=1S/C14H20BrNO3/c1-2-19-14(18)11(6-4-8-15)10-5-3-7-13(17)12(10)9-16/h10-12H,2-8H2,1H3. The number of hydrogen-bond acceptors (Lipinski definition) is 4. The lowest BCUT2D eigenvalue weighted by atomic mass is 9.71. The molecule has 0 radical (unpaired) electrons. The summed E-state index contributed by atoms with van der Waals surface area (Å²) in [5, 5.41) is 9.99. The molecule has 19 heavy (non-hydrogen) atoms. The second-order valence-electron chi connectivity index (χ2n) is 4.82. The van der Waals surface area contributed by atoms with Crippen LogP contribution in [-0.2, 0) is 14.3 Å². The molecule has 0 aliphatic heterocycles. The molecule has 5 heteroatoms. The van der Waals surface area contributed by atoms with E-state index in [1.807, 2.05) is 0 Å². The molecule has 3 atom stereocenters. The highest BCUT2D eigenvalue weighted by Gasteiger charge is 2.40. The SMILES string of the molecule is CCOC(=O)C(CCCBr)C1CCCC(=O)C1C#N. The van der Waals surface area contributed by atoms with Gasteiger partial charge in [-0.05, 0) is 38.5 Å². The zero-order valence-corrected chi connectivity index (χ0v) is 12.8. The summed E-state index contributed by atoms with van der Waals surface area (Å²) in [4.78, 5) is 23.9. The van der Waals surface area contributed by atoms with E-state index in [0.29, 0.717) is 19.4 Å². The molecule has 1 rings (SSSR count). The minimum atomic E-state index is -0.640. The van der Waals surface area contributed by atoms with Crippen LogP contribution >= 0.6 is 15.9 Å². The molecule has 0 aromatic rings. The number of carbonyl (C=O) groups excluding carboxylic acids is 2. The van der Waals surface area contributed by atoms with Gasteiger partial charge in [0.2, 0.25) is 0 Å². The average molecular weight is 330 g/mol. The van der Waals surface area contributed by atoms with Gasteiger partial charge in [-0.3, -0.25) is 9.59 Å². The smallest absolute Gasteiger partial charge is 0.309 e. The quantitative estimate of drug-likeness (QED) is 0.555. The number of esters is 1. The summed E-state index contributed by atoms with van der Waals surface area (Å²) in [6.07, 6.45) is 3.50. The number of carbonyl (C=O) groups is 2. The molecule has 106 valence electrons. The second kappa shape index (κ2) is 8.31. The molecule has 1 aliphatic rings. The van der Waals surface area contributed by atoms with Gasteiger partial charge in [0, 0.05) is 11.8 Å². The third-order valence-electron chi connectivity index (χ3n) is 3.63. The second-order valence-corrected chi connectivity index (χ2v) is 5.61. The number of nitrogens with zero attached hydrogens (tertiary/aromatic N) is 1. The van der Waals surface area contributed by atoms with Crippen molar-refractivity contribution >= 4 is 27.7 Å². The molecule has 0 aromatic heterocycles. The number of alkyl halides is 1. The fourth-order valence-electron chi connectivity index (χ4n) is 2.73. The first kappa shape index (κ1) is 16.2. The molecule has 0 heterocycles. The van der Waals surface area contributed by atoms with Crippen LogP contribution in [0, 0.1) is 29.1 Å². The third-order valence-corrected chi connectivity index (χ3v) is 4.19. The Morgan fingerprint density at radius 3 is 2.95 bits per heavy atom. The molecule has 3 unspecified atom stereocenters. The molecule has 1 fully saturated rings. The van der Waals surface area contributed by atoms with E-state index >= 15 is 0 Å². The van der Waals surface area contributed by atoms with Gasteiger partial charge in [-0.1, -0.05) is 15.9 Å². The predicted molar refractivity (Wildman–Crippen MR) is 74.6 cm³/mol. The van der Waals surface area contributed by atoms with Crippen molar-refractivity contribution < 1.29 is 14.3 Å². The highest BCUT2D eigenvalue weighted by molar-refractivity contribution is 9.09. The van der Waals surface area contributed by atoms with Gasteiger partial charge in [-0.25, -0.2) is 0 Å². The van der Waals surface area contributed by atoms with Crippen LogP contribution in [-0.4, -0.2) is 23.7 Å². The van der Waals surface area contributed by atoms with E-state index in [4.69, 9.17) is 4.74 Å². The van der Waals surface area contributed by atoms with E-state index in [2.05, 4.69) is 22.0 Å². The molecular formula is C14H20BrNO3. The zero-order chi connectivity index (χ0) is 14.3. The monoisotopic (exact) mass is 329 g/mol. The Labute approximate surface area is 122 Å². The van der Waals surface area contributed by atoms with Crippen LogP contribution in [0.1, 0.15) is 39.0 Å². The number of Topliss-reactive ketones (excluding diaryl/α,β-unsaturated/α-hetero) is 1. The summed E-state index contributed by atoms with van der Waals surface area (Å²) in [7, 11) is 0. The first-order valence-electron chi connectivity index (χ1n) is 6.80. The fourth-order valence-corrected chi connectivity index (χ4v) is 3.05. The Morgan fingerprint density at radius 2 is 2.37 bits per heavy atom. The van der Waals surface area contributed by atoms with Crippen molar-refractivity contribution in [1.82, 2.24) is 0 Å². The van der Waals surface area contributed by atoms with E-state index in [9.17, 15) is 14.9 Å². The van der Waals surface area contributed by atoms with Crippen LogP contribution < -0.4 is 0 Å². The van der Waals surface area contributed by atoms with Crippen molar-refractivity contribution in [2.24, 2.45) is 17.8 Å². The largest absolute Gasteiger partial charge is 0.466 e. The molecule has 0 saturated heterocycles. The number of halogens is 1. The predicted octanol–water partition coefficient (Wildman–Crippen LogP) is 2.85. The van der Waals surface area contributed by atoms with Crippen LogP contribution in [0.2, 0.25) is 0 Å². The highest BCUT2D eigenvalue weighted by Crippen LogP contribution is 2.36. The molecular weight excluding hydrogens is 310 g/mol. The Morgan fingerprint density at radius 1 is 1.63 bits per heavy atom. The zero-order valence-electron chi connectivity index (χ0n) is 11.2. The Kier molecular flexibility index (Phi) is 7.07. The Hall–Kier alpha value is -0.890. The topological polar surface area (TPSA) is 67.2 Å². The number of ether oxygens (including phenoxy) is 1. The van der Waals surface area contributed by atoms with Crippen molar-refractivity contribution in [2.45, 2.75) is 39.0 Å². The maximum Gasteiger partial charge on any atom is 0.309 e. The van der Waals surface area contributed by atoms with E-state index in [-0.39, 0.29) is 23.6 Å². The molecule has 0 spiro atoms. The molecule has 0 N–H and O–H groups in total. The van der Waals surface area contributed by atoms with Crippen LogP contribution in [0.3, 0.4) is 0 Å². The summed E-state index contributed by atoms with van der Waals surface area (Å²) in [5.41, 5.74) is 0. The van der Waals surface area contributed by atoms with Gasteiger partial charge in [-0.15, -0.1) is 0 Å². The molecule has 0 amide bonds. The van der Waals surface area contributed by atoms with Gasteiger partial charge in [0.15, 0.2) is 0 Å². The van der Waals surface area contributed by atoms with Gasteiger partial charge in [0.1, 0.15) is 11.7 Å². The van der Waals surface area contributed by atoms with Crippen LogP contribution in [0.4, 0.5) is 0 Å². The summed E-state index contributed by atoms with van der Waals surface area (Å²) in [6.45, 7) is 2.11. The number of rotatable bonds is 6. The summed E-state index contributed by atoms with van der Waals surface area (Å²) < 4.78 is 5.11. The van der Waals surface area contributed by atoms with Gasteiger partial charge in [0.05, 0.1) is 18.6 Å². The van der Waals surface area contributed by atoms with E-state index in [0.717, 1.165) is 24.6 Å². The van der Waals surface area contributed by atoms with E-state index in [1.165, 1.54) is 0 Å². The van der Waals surface area contributed by atoms with Crippen molar-refractivity contribution in [2.75, 3.05) is 11.9 Å². The lowest BCUT2D eigenvalue weighted by Gasteiger charge is -2.31. The first-order chi connectivity index (χ1) is 9.15. The highest BCUT2D eigenvalue weighted by atomic mass is 79.9. The van der Waals surface area contributed by atoms with Crippen molar-refractivity contribution in [3.05, 3.63) is 0 Å². The lowest BCUT2D eigenvalue weighted by molar-refractivity contribution is -0.152. The van der Waals surface area contributed by atoms with Gasteiger partial charge in [0.25, 0.3) is 0 Å². The molecule has 0 bridgehead atoms. The minimum Gasteiger partial charge on any atom is -0.466 e. The number of nitriles is 1. The molecule has 1 aliphatic carbocycles. The Bertz CT molecular complexity index is 364. The summed E-state index contributed by atoms with van der Waals surface area (Å²) in [5.74, 6) is -1.43. The summed E-state index contributed by atoms with van der Waals surface area (Å²) in [6, 6.07) is 2.09. The minimum absolute atomic E-state index is 0.0214. The average Bonchev–Trinajstić information content (AvgIpc) is 2.39. The van der Waals surface area contributed by atoms with Gasteiger partial charge >= 0.3 is 5.97 Å². The van der Waals surface area contributed by atoms with Crippen molar-refractivity contribution in [1.29, 1.82) is 5.26 Å². The van der Waals surface area contributed by atoms with Crippen LogP contribution in [0.25, 0.3) is 0 Å².